The first-order valence-corrected chi connectivity index (χ1v) is 16.5. The minimum absolute atomic E-state index is 0.0185. The fourth-order valence-corrected chi connectivity index (χ4v) is 7.27. The summed E-state index contributed by atoms with van der Waals surface area (Å²) in [6.07, 6.45) is 4.90. The molecule has 0 heterocycles. The van der Waals surface area contributed by atoms with Crippen LogP contribution < -0.4 is 9.62 Å². The molecule has 0 spiro atoms. The summed E-state index contributed by atoms with van der Waals surface area (Å²) in [5.41, 5.74) is 0.579. The molecule has 1 fully saturated rings. The number of rotatable bonds is 10. The zero-order valence-electron chi connectivity index (χ0n) is 22.9. The van der Waals surface area contributed by atoms with Crippen molar-refractivity contribution in [3.8, 4) is 0 Å². The van der Waals surface area contributed by atoms with Crippen LogP contribution in [-0.4, -0.2) is 43.8 Å². The molecule has 1 aliphatic carbocycles. The molecule has 0 radical (unpaired) electrons. The maximum absolute atomic E-state index is 14.1. The van der Waals surface area contributed by atoms with Crippen molar-refractivity contribution in [1.82, 2.24) is 10.2 Å². The van der Waals surface area contributed by atoms with E-state index in [-0.39, 0.29) is 39.1 Å². The minimum Gasteiger partial charge on any atom is -0.352 e. The SMILES string of the molecule is C[C@@H](C(=O)NC1CCCCC1)N(Cc1ccc(Cl)cc1Cl)C(=O)CN(c1cccc(Cl)c1Cl)S(=O)(=O)c1ccccc1. The van der Waals surface area contributed by atoms with Crippen LogP contribution >= 0.6 is 46.4 Å². The van der Waals surface area contributed by atoms with Gasteiger partial charge in [-0.3, -0.25) is 13.9 Å². The molecule has 2 amide bonds. The number of hydrogen-bond acceptors (Lipinski definition) is 4. The lowest BCUT2D eigenvalue weighted by Gasteiger charge is -2.33. The monoisotopic (exact) mass is 669 g/mol. The second-order valence-corrected chi connectivity index (χ2v) is 13.7. The molecule has 3 aromatic rings. The molecule has 1 saturated carbocycles. The maximum Gasteiger partial charge on any atom is 0.264 e. The Bertz CT molecular complexity index is 1530. The van der Waals surface area contributed by atoms with Crippen molar-refractivity contribution in [2.24, 2.45) is 0 Å². The highest BCUT2D eigenvalue weighted by Gasteiger charge is 2.34. The van der Waals surface area contributed by atoms with Crippen LogP contribution in [0.1, 0.15) is 44.6 Å². The van der Waals surface area contributed by atoms with E-state index in [4.69, 9.17) is 46.4 Å². The Kier molecular flexibility index (Phi) is 11.1. The molecule has 1 N–H and O–H groups in total. The Morgan fingerprint density at radius 1 is 0.905 bits per heavy atom. The van der Waals surface area contributed by atoms with Crippen LogP contribution in [0.25, 0.3) is 0 Å². The molecule has 4 rings (SSSR count). The number of carbonyl (C=O) groups is 2. The summed E-state index contributed by atoms with van der Waals surface area (Å²) in [6, 6.07) is 16.2. The summed E-state index contributed by atoms with van der Waals surface area (Å²) in [6.45, 7) is 0.905. The highest BCUT2D eigenvalue weighted by atomic mass is 35.5. The molecule has 1 atom stereocenters. The first-order valence-electron chi connectivity index (χ1n) is 13.5. The average Bonchev–Trinajstić information content (AvgIpc) is 2.97. The van der Waals surface area contributed by atoms with Gasteiger partial charge >= 0.3 is 0 Å². The Hall–Kier alpha value is -2.49. The molecule has 1 aliphatic rings. The third-order valence-electron chi connectivity index (χ3n) is 7.28. The number of benzene rings is 3. The second-order valence-electron chi connectivity index (χ2n) is 10.2. The first-order chi connectivity index (χ1) is 20.0. The molecule has 0 saturated heterocycles. The summed E-state index contributed by atoms with van der Waals surface area (Å²) in [7, 11) is -4.28. The van der Waals surface area contributed by atoms with Crippen LogP contribution in [-0.2, 0) is 26.2 Å². The summed E-state index contributed by atoms with van der Waals surface area (Å²) in [4.78, 5) is 28.8. The number of hydrogen-bond donors (Lipinski definition) is 1. The van der Waals surface area contributed by atoms with E-state index in [1.54, 1.807) is 49.4 Å². The van der Waals surface area contributed by atoms with Gasteiger partial charge in [-0.15, -0.1) is 0 Å². The van der Waals surface area contributed by atoms with Gasteiger partial charge in [0, 0.05) is 22.6 Å². The van der Waals surface area contributed by atoms with Crippen LogP contribution in [0.4, 0.5) is 5.69 Å². The van der Waals surface area contributed by atoms with Crippen molar-refractivity contribution in [3.63, 3.8) is 0 Å². The predicted molar refractivity (Wildman–Crippen MR) is 169 cm³/mol. The fraction of sp³-hybridized carbons (Fsp3) is 0.333. The number of halogens is 4. The predicted octanol–water partition coefficient (Wildman–Crippen LogP) is 7.36. The highest BCUT2D eigenvalue weighted by Crippen LogP contribution is 2.35. The Balaban J connectivity index is 1.72. The van der Waals surface area contributed by atoms with Gasteiger partial charge in [-0.25, -0.2) is 8.42 Å². The van der Waals surface area contributed by atoms with Gasteiger partial charge in [0.05, 0.1) is 20.6 Å². The van der Waals surface area contributed by atoms with E-state index >= 15 is 0 Å². The van der Waals surface area contributed by atoms with Gasteiger partial charge < -0.3 is 10.2 Å². The van der Waals surface area contributed by atoms with Crippen molar-refractivity contribution in [3.05, 3.63) is 92.4 Å². The smallest absolute Gasteiger partial charge is 0.264 e. The fourth-order valence-electron chi connectivity index (χ4n) is 4.90. The Morgan fingerprint density at radius 3 is 2.26 bits per heavy atom. The second kappa shape index (κ2) is 14.3. The van der Waals surface area contributed by atoms with E-state index in [0.29, 0.717) is 15.6 Å². The molecule has 12 heteroatoms. The van der Waals surface area contributed by atoms with Gasteiger partial charge in [0.15, 0.2) is 0 Å². The molecule has 0 bridgehead atoms. The molecule has 7 nitrogen and oxygen atoms in total. The van der Waals surface area contributed by atoms with E-state index in [1.165, 1.54) is 29.2 Å². The molecule has 42 heavy (non-hydrogen) atoms. The lowest BCUT2D eigenvalue weighted by atomic mass is 9.95. The molecule has 0 unspecified atom stereocenters. The number of anilines is 1. The number of nitrogens with one attached hydrogen (secondary N) is 1. The number of amides is 2. The normalized spacial score (nSPS) is 14.7. The van der Waals surface area contributed by atoms with Crippen LogP contribution in [0, 0.1) is 0 Å². The molecule has 224 valence electrons. The third-order valence-corrected chi connectivity index (χ3v) is 10.5. The zero-order chi connectivity index (χ0) is 30.4. The summed E-state index contributed by atoms with van der Waals surface area (Å²) >= 11 is 25.3. The lowest BCUT2D eigenvalue weighted by Crippen LogP contribution is -2.53. The summed E-state index contributed by atoms with van der Waals surface area (Å²) in [5, 5.41) is 3.89. The minimum atomic E-state index is -4.28. The number of sulfonamides is 1. The van der Waals surface area contributed by atoms with Gasteiger partial charge in [-0.1, -0.05) is 96.0 Å². The molecular formula is C30H31Cl4N3O4S. The molecule has 3 aromatic carbocycles. The van der Waals surface area contributed by atoms with Crippen molar-refractivity contribution < 1.29 is 18.0 Å². The topological polar surface area (TPSA) is 86.8 Å². The first kappa shape index (κ1) is 32.4. The molecular weight excluding hydrogens is 640 g/mol. The van der Waals surface area contributed by atoms with E-state index < -0.39 is 28.5 Å². The van der Waals surface area contributed by atoms with Gasteiger partial charge in [-0.05, 0) is 61.7 Å². The van der Waals surface area contributed by atoms with Crippen LogP contribution in [0.2, 0.25) is 20.1 Å². The van der Waals surface area contributed by atoms with Crippen molar-refractivity contribution in [2.45, 2.75) is 62.6 Å². The Labute approximate surface area is 266 Å². The highest BCUT2D eigenvalue weighted by molar-refractivity contribution is 7.92. The molecule has 0 aliphatic heterocycles. The van der Waals surface area contributed by atoms with Crippen LogP contribution in [0.5, 0.6) is 0 Å². The van der Waals surface area contributed by atoms with Crippen LogP contribution in [0.3, 0.4) is 0 Å². The standard InChI is InChI=1S/C30H31Cl4N3O4S/c1-20(30(39)35-23-9-4-2-5-10-23)36(18-21-15-16-22(31)17-26(21)33)28(38)19-37(27-14-8-13-25(32)29(27)34)42(40,41)24-11-6-3-7-12-24/h3,6-8,11-17,20,23H,2,4-5,9-10,18-19H2,1H3,(H,35,39)/t20-/m0/s1. The summed E-state index contributed by atoms with van der Waals surface area (Å²) in [5.74, 6) is -0.971. The zero-order valence-corrected chi connectivity index (χ0v) is 26.7. The van der Waals surface area contributed by atoms with Crippen molar-refractivity contribution in [1.29, 1.82) is 0 Å². The van der Waals surface area contributed by atoms with Crippen LogP contribution in [0.15, 0.2) is 71.6 Å². The average molecular weight is 671 g/mol. The summed E-state index contributed by atoms with van der Waals surface area (Å²) < 4.78 is 28.7. The number of nitrogens with zero attached hydrogens (tertiary/aromatic N) is 2. The molecule has 0 aromatic heterocycles. The van der Waals surface area contributed by atoms with E-state index in [2.05, 4.69) is 5.32 Å². The van der Waals surface area contributed by atoms with Crippen molar-refractivity contribution >= 4 is 73.9 Å². The maximum atomic E-state index is 14.1. The van der Waals surface area contributed by atoms with Gasteiger partial charge in [0.2, 0.25) is 11.8 Å². The van der Waals surface area contributed by atoms with E-state index in [0.717, 1.165) is 36.4 Å². The van der Waals surface area contributed by atoms with E-state index in [1.807, 2.05) is 0 Å². The van der Waals surface area contributed by atoms with Gasteiger partial charge in [0.1, 0.15) is 12.6 Å². The van der Waals surface area contributed by atoms with Gasteiger partial charge in [-0.2, -0.15) is 0 Å². The quantitative estimate of drug-likeness (QED) is 0.244. The lowest BCUT2D eigenvalue weighted by molar-refractivity contribution is -0.139. The number of carbonyl (C=O) groups excluding carboxylic acids is 2. The largest absolute Gasteiger partial charge is 0.352 e. The van der Waals surface area contributed by atoms with Gasteiger partial charge in [0.25, 0.3) is 10.0 Å². The third kappa shape index (κ3) is 7.71. The Morgan fingerprint density at radius 2 is 1.60 bits per heavy atom. The van der Waals surface area contributed by atoms with Crippen molar-refractivity contribution in [2.75, 3.05) is 10.8 Å². The van der Waals surface area contributed by atoms with E-state index in [9.17, 15) is 18.0 Å².